The number of hydrogen-bond donors (Lipinski definition) is 1. The topological polar surface area (TPSA) is 64.4 Å². The molecule has 2 heterocycles. The molecule has 1 N–H and O–H groups in total. The first-order chi connectivity index (χ1) is 9.16. The number of aromatic nitrogens is 2. The fraction of sp³-hybridized carbons (Fsp3) is 0.286. The van der Waals surface area contributed by atoms with Gasteiger partial charge in [-0.15, -0.1) is 0 Å². The molecule has 2 aromatic rings. The Bertz CT molecular complexity index is 731. The maximum absolute atomic E-state index is 11.5. The van der Waals surface area contributed by atoms with Crippen LogP contribution in [0.25, 0.3) is 16.6 Å². The van der Waals surface area contributed by atoms with Gasteiger partial charge in [0.25, 0.3) is 5.56 Å². The first kappa shape index (κ1) is 11.9. The Hall–Kier alpha value is -2.14. The van der Waals surface area contributed by atoms with Crippen LogP contribution in [0.1, 0.15) is 12.0 Å². The molecule has 0 amide bonds. The predicted octanol–water partition coefficient (Wildman–Crippen LogP) is 1.44. The van der Waals surface area contributed by atoms with E-state index in [0.29, 0.717) is 24.2 Å². The molecule has 98 valence electrons. The third kappa shape index (κ3) is 2.02. The minimum Gasteiger partial charge on any atom is -0.506 e. The number of fused-ring (bicyclic) bond motifs is 1. The van der Waals surface area contributed by atoms with Gasteiger partial charge in [0.15, 0.2) is 0 Å². The van der Waals surface area contributed by atoms with E-state index in [4.69, 9.17) is 4.74 Å². The van der Waals surface area contributed by atoms with Crippen molar-refractivity contribution in [3.8, 4) is 5.75 Å². The number of phenols is 1. The largest absolute Gasteiger partial charge is 0.506 e. The summed E-state index contributed by atoms with van der Waals surface area (Å²) in [5.41, 5.74) is 2.91. The van der Waals surface area contributed by atoms with E-state index in [1.54, 1.807) is 13.1 Å². The molecule has 5 heteroatoms. The lowest BCUT2D eigenvalue weighted by Crippen LogP contribution is -2.16. The van der Waals surface area contributed by atoms with Gasteiger partial charge in [0.1, 0.15) is 11.3 Å². The molecule has 5 nitrogen and oxygen atoms in total. The number of aromatic hydroxyl groups is 1. The quantitative estimate of drug-likeness (QED) is 0.840. The van der Waals surface area contributed by atoms with Crippen LogP contribution in [0.3, 0.4) is 0 Å². The van der Waals surface area contributed by atoms with Crippen LogP contribution in [-0.4, -0.2) is 27.9 Å². The average Bonchev–Trinajstić information content (AvgIpc) is 2.43. The van der Waals surface area contributed by atoms with E-state index >= 15 is 0 Å². The fourth-order valence-electron chi connectivity index (χ4n) is 2.34. The van der Waals surface area contributed by atoms with E-state index in [1.165, 1.54) is 10.8 Å². The lowest BCUT2D eigenvalue weighted by molar-refractivity contribution is 0.161. The van der Waals surface area contributed by atoms with E-state index in [2.05, 4.69) is 4.98 Å². The molecule has 0 saturated carbocycles. The predicted molar refractivity (Wildman–Crippen MR) is 72.1 cm³/mol. The zero-order chi connectivity index (χ0) is 13.4. The van der Waals surface area contributed by atoms with Gasteiger partial charge < -0.3 is 14.4 Å². The van der Waals surface area contributed by atoms with Crippen LogP contribution in [0.5, 0.6) is 5.75 Å². The zero-order valence-electron chi connectivity index (χ0n) is 10.6. The second kappa shape index (κ2) is 4.51. The molecule has 1 aromatic heterocycles. The van der Waals surface area contributed by atoms with Gasteiger partial charge in [-0.05, 0) is 29.7 Å². The molecule has 0 saturated heterocycles. The smallest absolute Gasteiger partial charge is 0.269 e. The summed E-state index contributed by atoms with van der Waals surface area (Å²) in [5, 5.41) is 10.1. The minimum absolute atomic E-state index is 0.0765. The van der Waals surface area contributed by atoms with E-state index in [1.807, 2.05) is 12.1 Å². The van der Waals surface area contributed by atoms with E-state index in [9.17, 15) is 9.90 Å². The Kier molecular flexibility index (Phi) is 2.83. The lowest BCUT2D eigenvalue weighted by atomic mass is 10.0. The molecule has 3 rings (SSSR count). The van der Waals surface area contributed by atoms with Gasteiger partial charge in [0.05, 0.1) is 24.9 Å². The van der Waals surface area contributed by atoms with Crippen molar-refractivity contribution in [3.05, 3.63) is 40.3 Å². The zero-order valence-corrected chi connectivity index (χ0v) is 10.6. The van der Waals surface area contributed by atoms with E-state index < -0.39 is 0 Å². The van der Waals surface area contributed by atoms with Crippen LogP contribution in [0.4, 0.5) is 0 Å². The van der Waals surface area contributed by atoms with Crippen LogP contribution >= 0.6 is 0 Å². The standard InChI is InChI=1S/C14H14N2O3/c1-16-13(18)8-15-11-6-10(7-12(17)14(11)16)9-2-4-19-5-3-9/h2,6-8,17H,3-5H2,1H3. The first-order valence-electron chi connectivity index (χ1n) is 6.13. The van der Waals surface area contributed by atoms with Gasteiger partial charge >= 0.3 is 0 Å². The molecular formula is C14H14N2O3. The summed E-state index contributed by atoms with van der Waals surface area (Å²) in [4.78, 5) is 15.6. The second-order valence-electron chi connectivity index (χ2n) is 4.57. The summed E-state index contributed by atoms with van der Waals surface area (Å²) in [6.07, 6.45) is 4.09. The molecular weight excluding hydrogens is 244 g/mol. The van der Waals surface area contributed by atoms with E-state index in [-0.39, 0.29) is 11.3 Å². The van der Waals surface area contributed by atoms with Gasteiger partial charge in [-0.3, -0.25) is 4.79 Å². The summed E-state index contributed by atoms with van der Waals surface area (Å²) < 4.78 is 6.68. The van der Waals surface area contributed by atoms with Gasteiger partial charge in [0, 0.05) is 7.05 Å². The van der Waals surface area contributed by atoms with Crippen molar-refractivity contribution in [3.63, 3.8) is 0 Å². The minimum atomic E-state index is -0.235. The molecule has 0 atom stereocenters. The molecule has 0 aliphatic carbocycles. The van der Waals surface area contributed by atoms with Gasteiger partial charge in [-0.2, -0.15) is 0 Å². The third-order valence-electron chi connectivity index (χ3n) is 3.38. The Balaban J connectivity index is 2.23. The van der Waals surface area contributed by atoms with Crippen LogP contribution in [0.2, 0.25) is 0 Å². The lowest BCUT2D eigenvalue weighted by Gasteiger charge is -2.15. The monoisotopic (exact) mass is 258 g/mol. The average molecular weight is 258 g/mol. The second-order valence-corrected chi connectivity index (χ2v) is 4.57. The number of phenolic OH excluding ortho intramolecular Hbond substituents is 1. The summed E-state index contributed by atoms with van der Waals surface area (Å²) in [6.45, 7) is 1.28. The van der Waals surface area contributed by atoms with Crippen molar-refractivity contribution < 1.29 is 9.84 Å². The highest BCUT2D eigenvalue weighted by Gasteiger charge is 2.12. The van der Waals surface area contributed by atoms with Crippen LogP contribution < -0.4 is 5.56 Å². The summed E-state index contributed by atoms with van der Waals surface area (Å²) in [6, 6.07) is 3.58. The molecule has 0 bridgehead atoms. The van der Waals surface area contributed by atoms with Crippen molar-refractivity contribution in [1.29, 1.82) is 0 Å². The number of rotatable bonds is 1. The maximum Gasteiger partial charge on any atom is 0.269 e. The summed E-state index contributed by atoms with van der Waals surface area (Å²) in [7, 11) is 1.62. The number of nitrogens with zero attached hydrogens (tertiary/aromatic N) is 2. The highest BCUT2D eigenvalue weighted by Crippen LogP contribution is 2.29. The molecule has 1 aliphatic rings. The SMILES string of the molecule is Cn1c(=O)cnc2cc(C3=CCOCC3)cc(O)c21. The number of ether oxygens (including phenoxy) is 1. The third-order valence-corrected chi connectivity index (χ3v) is 3.38. The Morgan fingerprint density at radius 1 is 1.42 bits per heavy atom. The molecule has 19 heavy (non-hydrogen) atoms. The number of hydrogen-bond acceptors (Lipinski definition) is 4. The van der Waals surface area contributed by atoms with Crippen LogP contribution in [-0.2, 0) is 11.8 Å². The highest BCUT2D eigenvalue weighted by molar-refractivity contribution is 5.86. The molecule has 1 aliphatic heterocycles. The Morgan fingerprint density at radius 3 is 3.00 bits per heavy atom. The Labute approximate surface area is 109 Å². The molecule has 0 fully saturated rings. The van der Waals surface area contributed by atoms with E-state index in [0.717, 1.165) is 17.6 Å². The normalized spacial score (nSPS) is 15.5. The van der Waals surface area contributed by atoms with Crippen LogP contribution in [0.15, 0.2) is 29.2 Å². The number of benzene rings is 1. The molecule has 1 aromatic carbocycles. The van der Waals surface area contributed by atoms with Crippen molar-refractivity contribution in [2.24, 2.45) is 7.05 Å². The van der Waals surface area contributed by atoms with Crippen molar-refractivity contribution in [1.82, 2.24) is 9.55 Å². The molecule has 0 unspecified atom stereocenters. The Morgan fingerprint density at radius 2 is 2.26 bits per heavy atom. The van der Waals surface area contributed by atoms with Gasteiger partial charge in [-0.1, -0.05) is 6.08 Å². The van der Waals surface area contributed by atoms with Crippen molar-refractivity contribution in [2.75, 3.05) is 13.2 Å². The molecule has 0 spiro atoms. The fourth-order valence-corrected chi connectivity index (χ4v) is 2.34. The first-order valence-corrected chi connectivity index (χ1v) is 6.13. The van der Waals surface area contributed by atoms with Gasteiger partial charge in [-0.25, -0.2) is 4.98 Å². The van der Waals surface area contributed by atoms with Gasteiger partial charge in [0.2, 0.25) is 0 Å². The summed E-state index contributed by atoms with van der Waals surface area (Å²) in [5.74, 6) is 0.0765. The summed E-state index contributed by atoms with van der Waals surface area (Å²) >= 11 is 0. The number of aryl methyl sites for hydroxylation is 1. The maximum atomic E-state index is 11.5. The van der Waals surface area contributed by atoms with Crippen molar-refractivity contribution >= 4 is 16.6 Å². The van der Waals surface area contributed by atoms with Crippen LogP contribution in [0, 0.1) is 0 Å². The highest BCUT2D eigenvalue weighted by atomic mass is 16.5. The molecule has 0 radical (unpaired) electrons. The van der Waals surface area contributed by atoms with Crippen molar-refractivity contribution in [2.45, 2.75) is 6.42 Å².